The number of hydrogen-bond acceptors (Lipinski definition) is 3. The van der Waals surface area contributed by atoms with Gasteiger partial charge in [0.25, 0.3) is 0 Å². The van der Waals surface area contributed by atoms with Crippen LogP contribution in [0, 0.1) is 12.7 Å². The summed E-state index contributed by atoms with van der Waals surface area (Å²) in [5.41, 5.74) is 1.07. The third-order valence-corrected chi connectivity index (χ3v) is 6.70. The molecular formula is C13H13BrFNO2S2. The SMILES string of the molecule is Cc1ccsc1CN(C)S(=O)(=O)c1ccc(F)cc1Br. The van der Waals surface area contributed by atoms with E-state index < -0.39 is 15.8 Å². The Morgan fingerprint density at radius 2 is 2.05 bits per heavy atom. The van der Waals surface area contributed by atoms with Crippen LogP contribution in [0.4, 0.5) is 4.39 Å². The summed E-state index contributed by atoms with van der Waals surface area (Å²) in [7, 11) is -2.13. The molecule has 3 nitrogen and oxygen atoms in total. The van der Waals surface area contributed by atoms with Crippen molar-refractivity contribution in [1.29, 1.82) is 0 Å². The molecule has 0 aliphatic rings. The van der Waals surface area contributed by atoms with Crippen LogP contribution in [-0.2, 0) is 16.6 Å². The highest BCUT2D eigenvalue weighted by atomic mass is 79.9. The molecule has 2 rings (SSSR count). The van der Waals surface area contributed by atoms with Crippen LogP contribution in [0.25, 0.3) is 0 Å². The highest BCUT2D eigenvalue weighted by Gasteiger charge is 2.24. The fraction of sp³-hybridized carbons (Fsp3) is 0.231. The highest BCUT2D eigenvalue weighted by molar-refractivity contribution is 9.10. The van der Waals surface area contributed by atoms with Crippen molar-refractivity contribution in [2.45, 2.75) is 18.4 Å². The maximum atomic E-state index is 13.1. The second-order valence-corrected chi connectivity index (χ2v) is 8.23. The molecular weight excluding hydrogens is 365 g/mol. The van der Waals surface area contributed by atoms with Gasteiger partial charge in [0.1, 0.15) is 5.82 Å². The van der Waals surface area contributed by atoms with Crippen LogP contribution in [0.5, 0.6) is 0 Å². The number of aryl methyl sites for hydroxylation is 1. The van der Waals surface area contributed by atoms with Crippen molar-refractivity contribution in [2.75, 3.05) is 7.05 Å². The quantitative estimate of drug-likeness (QED) is 0.812. The Labute approximate surface area is 130 Å². The summed E-state index contributed by atoms with van der Waals surface area (Å²) in [5, 5.41) is 1.93. The predicted molar refractivity (Wildman–Crippen MR) is 81.8 cm³/mol. The predicted octanol–water partition coefficient (Wildman–Crippen LogP) is 3.78. The smallest absolute Gasteiger partial charge is 0.207 e. The molecule has 0 bridgehead atoms. The van der Waals surface area contributed by atoms with Gasteiger partial charge in [-0.15, -0.1) is 11.3 Å². The van der Waals surface area contributed by atoms with Gasteiger partial charge in [0, 0.05) is 22.9 Å². The van der Waals surface area contributed by atoms with E-state index in [1.165, 1.54) is 28.8 Å². The van der Waals surface area contributed by atoms with E-state index in [4.69, 9.17) is 0 Å². The van der Waals surface area contributed by atoms with Crippen LogP contribution in [0.3, 0.4) is 0 Å². The zero-order chi connectivity index (χ0) is 14.9. The van der Waals surface area contributed by atoms with Crippen molar-refractivity contribution >= 4 is 37.3 Å². The van der Waals surface area contributed by atoms with Crippen molar-refractivity contribution in [2.24, 2.45) is 0 Å². The molecule has 0 atom stereocenters. The Balaban J connectivity index is 2.32. The molecule has 0 aliphatic heterocycles. The van der Waals surface area contributed by atoms with Crippen molar-refractivity contribution < 1.29 is 12.8 Å². The van der Waals surface area contributed by atoms with E-state index in [1.54, 1.807) is 0 Å². The molecule has 1 heterocycles. The Kier molecular flexibility index (Phi) is 4.63. The molecule has 0 saturated heterocycles. The molecule has 0 radical (unpaired) electrons. The van der Waals surface area contributed by atoms with Crippen LogP contribution in [0.1, 0.15) is 10.4 Å². The van der Waals surface area contributed by atoms with E-state index >= 15 is 0 Å². The fourth-order valence-corrected chi connectivity index (χ4v) is 4.89. The van der Waals surface area contributed by atoms with E-state index in [9.17, 15) is 12.8 Å². The van der Waals surface area contributed by atoms with Crippen LogP contribution >= 0.6 is 27.3 Å². The molecule has 0 aliphatic carbocycles. The molecule has 1 aromatic carbocycles. The normalized spacial score (nSPS) is 12.1. The van der Waals surface area contributed by atoms with Crippen molar-refractivity contribution in [3.8, 4) is 0 Å². The lowest BCUT2D eigenvalue weighted by Crippen LogP contribution is -2.26. The largest absolute Gasteiger partial charge is 0.244 e. The summed E-state index contributed by atoms with van der Waals surface area (Å²) in [6, 6.07) is 5.51. The number of thiophene rings is 1. The van der Waals surface area contributed by atoms with E-state index in [-0.39, 0.29) is 9.37 Å². The second-order valence-electron chi connectivity index (χ2n) is 4.36. The van der Waals surface area contributed by atoms with Gasteiger partial charge in [0.15, 0.2) is 0 Å². The van der Waals surface area contributed by atoms with Gasteiger partial charge in [-0.25, -0.2) is 12.8 Å². The van der Waals surface area contributed by atoms with Gasteiger partial charge in [0.05, 0.1) is 4.90 Å². The molecule has 0 unspecified atom stereocenters. The van der Waals surface area contributed by atoms with Gasteiger partial charge in [-0.2, -0.15) is 4.31 Å². The lowest BCUT2D eigenvalue weighted by molar-refractivity contribution is 0.468. The maximum Gasteiger partial charge on any atom is 0.244 e. The standard InChI is InChI=1S/C13H13BrFNO2S2/c1-9-5-6-19-12(9)8-16(2)20(17,18)13-4-3-10(15)7-11(13)14/h3-7H,8H2,1-2H3. The molecule has 108 valence electrons. The zero-order valence-electron chi connectivity index (χ0n) is 10.9. The molecule has 0 fully saturated rings. The van der Waals surface area contributed by atoms with Crippen molar-refractivity contribution in [3.05, 3.63) is 50.4 Å². The van der Waals surface area contributed by atoms with Crippen LogP contribution in [0.2, 0.25) is 0 Å². The molecule has 0 spiro atoms. The molecule has 0 N–H and O–H groups in total. The van der Waals surface area contributed by atoms with Gasteiger partial charge < -0.3 is 0 Å². The number of sulfonamides is 1. The second kappa shape index (κ2) is 5.93. The first-order valence-electron chi connectivity index (χ1n) is 5.76. The van der Waals surface area contributed by atoms with Gasteiger partial charge in [-0.3, -0.25) is 0 Å². The monoisotopic (exact) mass is 377 g/mol. The van der Waals surface area contributed by atoms with Crippen LogP contribution in [0.15, 0.2) is 39.0 Å². The number of hydrogen-bond donors (Lipinski definition) is 0. The molecule has 2 aromatic rings. The topological polar surface area (TPSA) is 37.4 Å². The fourth-order valence-electron chi connectivity index (χ4n) is 1.71. The summed E-state index contributed by atoms with van der Waals surface area (Å²) in [6.07, 6.45) is 0. The van der Waals surface area contributed by atoms with Crippen molar-refractivity contribution in [3.63, 3.8) is 0 Å². The van der Waals surface area contributed by atoms with E-state index in [0.717, 1.165) is 22.6 Å². The first-order valence-corrected chi connectivity index (χ1v) is 8.88. The zero-order valence-corrected chi connectivity index (χ0v) is 14.1. The average Bonchev–Trinajstić information content (AvgIpc) is 2.74. The minimum atomic E-state index is -3.65. The number of halogens is 2. The van der Waals surface area contributed by atoms with E-state index in [2.05, 4.69) is 15.9 Å². The Bertz CT molecular complexity index is 728. The minimum absolute atomic E-state index is 0.0654. The third-order valence-electron chi connectivity index (χ3n) is 2.92. The summed E-state index contributed by atoms with van der Waals surface area (Å²) in [6.45, 7) is 2.25. The maximum absolute atomic E-state index is 13.1. The number of benzene rings is 1. The molecule has 7 heteroatoms. The summed E-state index contributed by atoms with van der Waals surface area (Å²) < 4.78 is 39.5. The van der Waals surface area contributed by atoms with Gasteiger partial charge in [0.2, 0.25) is 10.0 Å². The Hall–Kier alpha value is -0.760. The van der Waals surface area contributed by atoms with Gasteiger partial charge in [-0.1, -0.05) is 0 Å². The Morgan fingerprint density at radius 1 is 1.35 bits per heavy atom. The van der Waals surface area contributed by atoms with E-state index in [1.807, 2.05) is 18.4 Å². The molecule has 0 saturated carbocycles. The molecule has 1 aromatic heterocycles. The highest BCUT2D eigenvalue weighted by Crippen LogP contribution is 2.27. The molecule has 20 heavy (non-hydrogen) atoms. The summed E-state index contributed by atoms with van der Waals surface area (Å²) >= 11 is 4.62. The van der Waals surface area contributed by atoms with E-state index in [0.29, 0.717) is 6.54 Å². The molecule has 0 amide bonds. The van der Waals surface area contributed by atoms with Gasteiger partial charge in [-0.05, 0) is 58.1 Å². The van der Waals surface area contributed by atoms with Gasteiger partial charge >= 0.3 is 0 Å². The first-order chi connectivity index (χ1) is 9.32. The number of nitrogens with zero attached hydrogens (tertiary/aromatic N) is 1. The Morgan fingerprint density at radius 3 is 2.60 bits per heavy atom. The lowest BCUT2D eigenvalue weighted by atomic mass is 10.3. The van der Waals surface area contributed by atoms with Crippen molar-refractivity contribution in [1.82, 2.24) is 4.31 Å². The minimum Gasteiger partial charge on any atom is -0.207 e. The summed E-state index contributed by atoms with van der Waals surface area (Å²) in [4.78, 5) is 1.06. The third kappa shape index (κ3) is 3.11. The average molecular weight is 378 g/mol. The first kappa shape index (κ1) is 15.6. The number of rotatable bonds is 4. The summed E-state index contributed by atoms with van der Waals surface area (Å²) in [5.74, 6) is -0.479. The van der Waals surface area contributed by atoms with Crippen LogP contribution in [-0.4, -0.2) is 19.8 Å². The van der Waals surface area contributed by atoms with Crippen LogP contribution < -0.4 is 0 Å². The lowest BCUT2D eigenvalue weighted by Gasteiger charge is -2.18.